The highest BCUT2D eigenvalue weighted by atomic mass is 35.5. The largest absolute Gasteiger partial charge is 0.495 e. The second-order valence-electron chi connectivity index (χ2n) is 8.43. The number of non-ortho nitro benzene ring substituents is 1. The molecule has 208 valence electrons. The average molecular weight is 589 g/mol. The van der Waals surface area contributed by atoms with E-state index in [9.17, 15) is 28.1 Å². The molecule has 1 unspecified atom stereocenters. The Morgan fingerprint density at radius 2 is 1.82 bits per heavy atom. The fourth-order valence-electron chi connectivity index (χ4n) is 3.55. The smallest absolute Gasteiger partial charge is 0.271 e. The molecule has 1 N–H and O–H groups in total. The number of nitrogens with one attached hydrogen (secondary N) is 1. The number of halogens is 2. The van der Waals surface area contributed by atoms with E-state index >= 15 is 0 Å². The highest BCUT2D eigenvalue weighted by molar-refractivity contribution is 7.92. The van der Waals surface area contributed by atoms with Crippen molar-refractivity contribution in [3.05, 3.63) is 62.1 Å². The molecule has 0 bridgehead atoms. The highest BCUT2D eigenvalue weighted by Gasteiger charge is 2.32. The summed E-state index contributed by atoms with van der Waals surface area (Å²) in [5.74, 6) is -1.22. The number of carbonyl (C=O) groups is 2. The van der Waals surface area contributed by atoms with Crippen LogP contribution in [0.3, 0.4) is 0 Å². The molecule has 2 aromatic rings. The molecule has 0 aliphatic rings. The molecule has 38 heavy (non-hydrogen) atoms. The van der Waals surface area contributed by atoms with Gasteiger partial charge in [-0.1, -0.05) is 42.6 Å². The molecule has 11 nitrogen and oxygen atoms in total. The van der Waals surface area contributed by atoms with Crippen molar-refractivity contribution < 1.29 is 27.7 Å². The lowest BCUT2D eigenvalue weighted by atomic mass is 10.1. The molecule has 2 aromatic carbocycles. The number of anilines is 1. The SMILES string of the molecule is CCCCNC(=O)C(C)N(Cc1c(Cl)cccc1Cl)C(=O)CN(c1cc([N+](=O)[O-])ccc1OC)S(C)(=O)=O. The zero-order chi connectivity index (χ0) is 28.6. The zero-order valence-electron chi connectivity index (χ0n) is 21.4. The van der Waals surface area contributed by atoms with E-state index in [0.29, 0.717) is 16.4 Å². The van der Waals surface area contributed by atoms with Crippen LogP contribution in [0.15, 0.2) is 36.4 Å². The maximum atomic E-state index is 13.7. The molecule has 2 rings (SSSR count). The Morgan fingerprint density at radius 1 is 1.18 bits per heavy atom. The van der Waals surface area contributed by atoms with Crippen LogP contribution in [-0.4, -0.2) is 62.6 Å². The third-order valence-corrected chi connectivity index (χ3v) is 7.54. The van der Waals surface area contributed by atoms with Gasteiger partial charge in [0.2, 0.25) is 21.8 Å². The molecule has 0 spiro atoms. The molecule has 0 aliphatic heterocycles. The van der Waals surface area contributed by atoms with Gasteiger partial charge in [0, 0.05) is 40.8 Å². The molecule has 2 amide bonds. The molecule has 0 heterocycles. The Morgan fingerprint density at radius 3 is 2.34 bits per heavy atom. The van der Waals surface area contributed by atoms with Crippen LogP contribution in [0.4, 0.5) is 11.4 Å². The van der Waals surface area contributed by atoms with Crippen molar-refractivity contribution in [1.29, 1.82) is 0 Å². The van der Waals surface area contributed by atoms with Gasteiger partial charge in [0.05, 0.1) is 18.3 Å². The second kappa shape index (κ2) is 13.6. The normalized spacial score (nSPS) is 11.9. The number of sulfonamides is 1. The van der Waals surface area contributed by atoms with E-state index in [1.807, 2.05) is 6.92 Å². The summed E-state index contributed by atoms with van der Waals surface area (Å²) in [7, 11) is -2.88. The van der Waals surface area contributed by atoms with Crippen LogP contribution >= 0.6 is 23.2 Å². The minimum Gasteiger partial charge on any atom is -0.495 e. The lowest BCUT2D eigenvalue weighted by molar-refractivity contribution is -0.384. The van der Waals surface area contributed by atoms with Gasteiger partial charge in [0.25, 0.3) is 5.69 Å². The average Bonchev–Trinajstić information content (AvgIpc) is 2.85. The van der Waals surface area contributed by atoms with E-state index in [-0.39, 0.29) is 28.0 Å². The van der Waals surface area contributed by atoms with Gasteiger partial charge in [0.15, 0.2) is 0 Å². The number of carbonyl (C=O) groups excluding carboxylic acids is 2. The molecular formula is C24H30Cl2N4O7S. The number of amides is 2. The molecule has 0 saturated heterocycles. The van der Waals surface area contributed by atoms with Gasteiger partial charge in [-0.3, -0.25) is 24.0 Å². The lowest BCUT2D eigenvalue weighted by Gasteiger charge is -2.32. The van der Waals surface area contributed by atoms with Crippen molar-refractivity contribution in [1.82, 2.24) is 10.2 Å². The fraction of sp³-hybridized carbons (Fsp3) is 0.417. The fourth-order valence-corrected chi connectivity index (χ4v) is 4.92. The van der Waals surface area contributed by atoms with Crippen LogP contribution in [0, 0.1) is 10.1 Å². The van der Waals surface area contributed by atoms with Crippen LogP contribution in [0.25, 0.3) is 0 Å². The number of unbranched alkanes of at least 4 members (excludes halogenated alkanes) is 1. The molecule has 0 aromatic heterocycles. The molecule has 1 atom stereocenters. The van der Waals surface area contributed by atoms with E-state index in [0.717, 1.165) is 36.1 Å². The molecule has 0 saturated carbocycles. The van der Waals surface area contributed by atoms with E-state index in [1.165, 1.54) is 20.1 Å². The molecule has 0 radical (unpaired) electrons. The van der Waals surface area contributed by atoms with Gasteiger partial charge in [0.1, 0.15) is 24.0 Å². The van der Waals surface area contributed by atoms with Crippen molar-refractivity contribution in [3.8, 4) is 5.75 Å². The van der Waals surface area contributed by atoms with Gasteiger partial charge >= 0.3 is 0 Å². The first-order valence-electron chi connectivity index (χ1n) is 11.6. The number of hydrogen-bond donors (Lipinski definition) is 1. The van der Waals surface area contributed by atoms with Gasteiger partial charge < -0.3 is 15.0 Å². The summed E-state index contributed by atoms with van der Waals surface area (Å²) >= 11 is 12.6. The Balaban J connectivity index is 2.53. The number of nitro groups is 1. The van der Waals surface area contributed by atoms with E-state index in [2.05, 4.69) is 5.32 Å². The molecule has 0 aliphatic carbocycles. The number of rotatable bonds is 13. The van der Waals surface area contributed by atoms with Gasteiger partial charge in [-0.25, -0.2) is 8.42 Å². The predicted octanol–water partition coefficient (Wildman–Crippen LogP) is 4.01. The van der Waals surface area contributed by atoms with Crippen LogP contribution in [0.2, 0.25) is 10.0 Å². The van der Waals surface area contributed by atoms with Crippen molar-refractivity contribution >= 4 is 56.4 Å². The Kier molecular flexibility index (Phi) is 11.2. The van der Waals surface area contributed by atoms with Crippen molar-refractivity contribution in [2.75, 3.05) is 30.8 Å². The van der Waals surface area contributed by atoms with E-state index < -0.39 is 45.0 Å². The maximum absolute atomic E-state index is 13.7. The summed E-state index contributed by atoms with van der Waals surface area (Å²) in [5, 5.41) is 14.6. The minimum atomic E-state index is -4.14. The number of hydrogen-bond acceptors (Lipinski definition) is 7. The Labute approximate surface area is 231 Å². The van der Waals surface area contributed by atoms with E-state index in [4.69, 9.17) is 27.9 Å². The standard InChI is InChI=1S/C24H30Cl2N4O7S/c1-5-6-12-27-24(32)16(2)28(14-18-19(25)8-7-9-20(18)26)23(31)15-29(38(4,35)36)21-13-17(30(33)34)10-11-22(21)37-3/h7-11,13,16H,5-6,12,14-15H2,1-4H3,(H,27,32). The van der Waals surface area contributed by atoms with Gasteiger partial charge in [-0.05, 0) is 31.5 Å². The summed E-state index contributed by atoms with van der Waals surface area (Å²) < 4.78 is 31.5. The van der Waals surface area contributed by atoms with Gasteiger partial charge in [-0.15, -0.1) is 0 Å². The van der Waals surface area contributed by atoms with Crippen LogP contribution in [0.5, 0.6) is 5.75 Å². The van der Waals surface area contributed by atoms with Crippen molar-refractivity contribution in [3.63, 3.8) is 0 Å². The molecule has 0 fully saturated rings. The quantitative estimate of drug-likeness (QED) is 0.212. The summed E-state index contributed by atoms with van der Waals surface area (Å²) in [6.45, 7) is 2.90. The number of nitrogens with zero attached hydrogens (tertiary/aromatic N) is 3. The minimum absolute atomic E-state index is 0.000111. The summed E-state index contributed by atoms with van der Waals surface area (Å²) in [5.41, 5.74) is -0.227. The monoisotopic (exact) mass is 588 g/mol. The van der Waals surface area contributed by atoms with Crippen molar-refractivity contribution in [2.24, 2.45) is 0 Å². The number of methoxy groups -OCH3 is 1. The Bertz CT molecular complexity index is 1270. The maximum Gasteiger partial charge on any atom is 0.271 e. The predicted molar refractivity (Wildman–Crippen MR) is 146 cm³/mol. The number of ether oxygens (including phenoxy) is 1. The molecule has 14 heteroatoms. The van der Waals surface area contributed by atoms with Crippen LogP contribution in [0.1, 0.15) is 32.3 Å². The zero-order valence-corrected chi connectivity index (χ0v) is 23.8. The summed E-state index contributed by atoms with van der Waals surface area (Å²) in [6, 6.07) is 7.15. The first-order valence-corrected chi connectivity index (χ1v) is 14.2. The van der Waals surface area contributed by atoms with Crippen LogP contribution < -0.4 is 14.4 Å². The van der Waals surface area contributed by atoms with Crippen LogP contribution in [-0.2, 0) is 26.2 Å². The Hall–Kier alpha value is -3.09. The molecular weight excluding hydrogens is 559 g/mol. The summed E-state index contributed by atoms with van der Waals surface area (Å²) in [6.07, 6.45) is 2.44. The highest BCUT2D eigenvalue weighted by Crippen LogP contribution is 2.34. The first kappa shape index (κ1) is 31.1. The second-order valence-corrected chi connectivity index (χ2v) is 11.1. The van der Waals surface area contributed by atoms with E-state index in [1.54, 1.807) is 18.2 Å². The number of benzene rings is 2. The topological polar surface area (TPSA) is 139 Å². The lowest BCUT2D eigenvalue weighted by Crippen LogP contribution is -2.51. The third-order valence-electron chi connectivity index (χ3n) is 5.71. The first-order chi connectivity index (χ1) is 17.8. The number of nitro benzene ring substituents is 1. The van der Waals surface area contributed by atoms with Gasteiger partial charge in [-0.2, -0.15) is 0 Å². The summed E-state index contributed by atoms with van der Waals surface area (Å²) in [4.78, 5) is 38.4. The third kappa shape index (κ3) is 7.95. The van der Waals surface area contributed by atoms with Crippen molar-refractivity contribution in [2.45, 2.75) is 39.3 Å².